The van der Waals surface area contributed by atoms with E-state index in [1.165, 1.54) is 5.56 Å². The first kappa shape index (κ1) is 15.4. The van der Waals surface area contributed by atoms with Crippen LogP contribution in [0.15, 0.2) is 48.7 Å². The standard InChI is InChI=1S/C19H16N2OS/c1-22-16-7-8-18-17(9-16)19(15(10-20)11-21-18)14-5-3-13(4-6-14)12-23-2/h3-9,11H,12H2,1-2H3. The van der Waals surface area contributed by atoms with Gasteiger partial charge in [0.2, 0.25) is 0 Å². The maximum atomic E-state index is 9.48. The van der Waals surface area contributed by atoms with E-state index in [2.05, 4.69) is 41.6 Å². The Balaban J connectivity index is 2.23. The van der Waals surface area contributed by atoms with Gasteiger partial charge in [-0.1, -0.05) is 24.3 Å². The number of benzene rings is 2. The Hall–Kier alpha value is -2.51. The number of rotatable bonds is 4. The smallest absolute Gasteiger partial charge is 0.119 e. The Morgan fingerprint density at radius 1 is 1.17 bits per heavy atom. The molecule has 1 aromatic heterocycles. The van der Waals surface area contributed by atoms with Crippen molar-refractivity contribution in [2.24, 2.45) is 0 Å². The minimum Gasteiger partial charge on any atom is -0.497 e. The highest BCUT2D eigenvalue weighted by Crippen LogP contribution is 2.33. The first-order valence-electron chi connectivity index (χ1n) is 7.22. The van der Waals surface area contributed by atoms with Crippen LogP contribution in [0.3, 0.4) is 0 Å². The number of nitriles is 1. The van der Waals surface area contributed by atoms with E-state index >= 15 is 0 Å². The molecule has 1 heterocycles. The van der Waals surface area contributed by atoms with Gasteiger partial charge in [0, 0.05) is 22.9 Å². The molecule has 0 spiro atoms. The van der Waals surface area contributed by atoms with Crippen LogP contribution in [0.5, 0.6) is 5.75 Å². The fourth-order valence-corrected chi connectivity index (χ4v) is 3.15. The summed E-state index contributed by atoms with van der Waals surface area (Å²) in [6.45, 7) is 0. The van der Waals surface area contributed by atoms with Crippen LogP contribution in [-0.2, 0) is 5.75 Å². The Kier molecular flexibility index (Phi) is 4.50. The molecule has 0 atom stereocenters. The number of fused-ring (bicyclic) bond motifs is 1. The van der Waals surface area contributed by atoms with Crippen LogP contribution in [-0.4, -0.2) is 18.3 Å². The number of hydrogen-bond donors (Lipinski definition) is 0. The lowest BCUT2D eigenvalue weighted by atomic mass is 9.96. The summed E-state index contributed by atoms with van der Waals surface area (Å²) in [7, 11) is 1.64. The molecular formula is C19H16N2OS. The molecule has 4 heteroatoms. The van der Waals surface area contributed by atoms with E-state index in [1.807, 2.05) is 18.2 Å². The van der Waals surface area contributed by atoms with E-state index in [-0.39, 0.29) is 0 Å². The number of methoxy groups -OCH3 is 1. The van der Waals surface area contributed by atoms with Crippen molar-refractivity contribution in [1.82, 2.24) is 4.98 Å². The van der Waals surface area contributed by atoms with Crippen LogP contribution < -0.4 is 4.74 Å². The van der Waals surface area contributed by atoms with E-state index in [0.29, 0.717) is 5.56 Å². The molecule has 23 heavy (non-hydrogen) atoms. The van der Waals surface area contributed by atoms with Crippen molar-refractivity contribution >= 4 is 22.7 Å². The molecule has 0 aliphatic heterocycles. The third kappa shape index (κ3) is 3.01. The summed E-state index contributed by atoms with van der Waals surface area (Å²) in [5.41, 5.74) is 4.63. The van der Waals surface area contributed by atoms with Gasteiger partial charge in [0.25, 0.3) is 0 Å². The predicted molar refractivity (Wildman–Crippen MR) is 95.7 cm³/mol. The summed E-state index contributed by atoms with van der Waals surface area (Å²) in [6, 6.07) is 16.4. The molecule has 0 N–H and O–H groups in total. The summed E-state index contributed by atoms with van der Waals surface area (Å²) in [6.07, 6.45) is 3.73. The zero-order valence-corrected chi connectivity index (χ0v) is 13.9. The Morgan fingerprint density at radius 3 is 2.61 bits per heavy atom. The monoisotopic (exact) mass is 320 g/mol. The quantitative estimate of drug-likeness (QED) is 0.702. The topological polar surface area (TPSA) is 45.9 Å². The Bertz CT molecular complexity index is 882. The van der Waals surface area contributed by atoms with Gasteiger partial charge in [0.1, 0.15) is 11.8 Å². The average Bonchev–Trinajstić information content (AvgIpc) is 2.61. The van der Waals surface area contributed by atoms with Gasteiger partial charge in [0.05, 0.1) is 18.2 Å². The van der Waals surface area contributed by atoms with Crippen LogP contribution >= 0.6 is 11.8 Å². The molecule has 3 rings (SSSR count). The number of aromatic nitrogens is 1. The second-order valence-electron chi connectivity index (χ2n) is 5.17. The normalized spacial score (nSPS) is 10.5. The SMILES string of the molecule is COc1ccc2ncc(C#N)c(-c3ccc(CSC)cc3)c2c1. The highest BCUT2D eigenvalue weighted by atomic mass is 32.2. The molecule has 2 aromatic carbocycles. The van der Waals surface area contributed by atoms with Crippen molar-refractivity contribution in [2.45, 2.75) is 5.75 Å². The summed E-state index contributed by atoms with van der Waals surface area (Å²) in [4.78, 5) is 4.38. The molecule has 0 amide bonds. The van der Waals surface area contributed by atoms with Crippen molar-refractivity contribution in [2.75, 3.05) is 13.4 Å². The van der Waals surface area contributed by atoms with E-state index < -0.39 is 0 Å². The molecule has 114 valence electrons. The number of ether oxygens (including phenoxy) is 1. The number of thioether (sulfide) groups is 1. The van der Waals surface area contributed by atoms with Crippen molar-refractivity contribution in [1.29, 1.82) is 5.26 Å². The summed E-state index contributed by atoms with van der Waals surface area (Å²) in [5, 5.41) is 10.4. The Labute approximate surface area is 139 Å². The molecule has 3 aromatic rings. The van der Waals surface area contributed by atoms with Gasteiger partial charge < -0.3 is 4.74 Å². The molecule has 0 aliphatic carbocycles. The van der Waals surface area contributed by atoms with Crippen LogP contribution in [0.4, 0.5) is 0 Å². The molecule has 0 bridgehead atoms. The van der Waals surface area contributed by atoms with Crippen LogP contribution in [0.1, 0.15) is 11.1 Å². The third-order valence-corrected chi connectivity index (χ3v) is 4.37. The minimum atomic E-state index is 0.573. The first-order chi connectivity index (χ1) is 11.3. The lowest BCUT2D eigenvalue weighted by molar-refractivity contribution is 0.415. The van der Waals surface area contributed by atoms with Crippen molar-refractivity contribution in [3.63, 3.8) is 0 Å². The van der Waals surface area contributed by atoms with E-state index in [4.69, 9.17) is 4.74 Å². The second kappa shape index (κ2) is 6.72. The van der Waals surface area contributed by atoms with Crippen molar-refractivity contribution in [3.8, 4) is 22.9 Å². The third-order valence-electron chi connectivity index (χ3n) is 3.75. The zero-order valence-electron chi connectivity index (χ0n) is 13.0. The Morgan fingerprint density at radius 2 is 1.96 bits per heavy atom. The van der Waals surface area contributed by atoms with Gasteiger partial charge >= 0.3 is 0 Å². The maximum absolute atomic E-state index is 9.48. The van der Waals surface area contributed by atoms with Crippen LogP contribution in [0.2, 0.25) is 0 Å². The highest BCUT2D eigenvalue weighted by molar-refractivity contribution is 7.97. The van der Waals surface area contributed by atoms with Gasteiger partial charge in [-0.15, -0.1) is 0 Å². The molecule has 0 fully saturated rings. The van der Waals surface area contributed by atoms with Crippen LogP contribution in [0.25, 0.3) is 22.0 Å². The molecular weight excluding hydrogens is 304 g/mol. The van der Waals surface area contributed by atoms with Crippen LogP contribution in [0, 0.1) is 11.3 Å². The number of nitrogens with zero attached hydrogens (tertiary/aromatic N) is 2. The zero-order chi connectivity index (χ0) is 16.2. The largest absolute Gasteiger partial charge is 0.497 e. The van der Waals surface area contributed by atoms with Gasteiger partial charge in [-0.25, -0.2) is 0 Å². The van der Waals surface area contributed by atoms with E-state index in [9.17, 15) is 5.26 Å². The van der Waals surface area contributed by atoms with E-state index in [1.54, 1.807) is 25.1 Å². The van der Waals surface area contributed by atoms with Gasteiger partial charge in [0.15, 0.2) is 0 Å². The van der Waals surface area contributed by atoms with Gasteiger partial charge in [-0.05, 0) is 35.6 Å². The van der Waals surface area contributed by atoms with Gasteiger partial charge in [-0.3, -0.25) is 4.98 Å². The average molecular weight is 320 g/mol. The van der Waals surface area contributed by atoms with Gasteiger partial charge in [-0.2, -0.15) is 17.0 Å². The fourth-order valence-electron chi connectivity index (χ4n) is 2.63. The summed E-state index contributed by atoms with van der Waals surface area (Å²) in [5.74, 6) is 1.74. The molecule has 0 saturated carbocycles. The molecule has 3 nitrogen and oxygen atoms in total. The minimum absolute atomic E-state index is 0.573. The number of hydrogen-bond acceptors (Lipinski definition) is 4. The fraction of sp³-hybridized carbons (Fsp3) is 0.158. The molecule has 0 aliphatic rings. The lowest BCUT2D eigenvalue weighted by Gasteiger charge is -2.11. The number of pyridine rings is 1. The summed E-state index contributed by atoms with van der Waals surface area (Å²) < 4.78 is 5.32. The lowest BCUT2D eigenvalue weighted by Crippen LogP contribution is -1.92. The highest BCUT2D eigenvalue weighted by Gasteiger charge is 2.12. The van der Waals surface area contributed by atoms with Crippen molar-refractivity contribution < 1.29 is 4.74 Å². The molecule has 0 unspecified atom stereocenters. The van der Waals surface area contributed by atoms with E-state index in [0.717, 1.165) is 33.5 Å². The molecule has 0 saturated heterocycles. The first-order valence-corrected chi connectivity index (χ1v) is 8.61. The summed E-state index contributed by atoms with van der Waals surface area (Å²) >= 11 is 1.79. The second-order valence-corrected chi connectivity index (χ2v) is 6.04. The molecule has 0 radical (unpaired) electrons. The predicted octanol–water partition coefficient (Wildman–Crippen LogP) is 4.65. The maximum Gasteiger partial charge on any atom is 0.119 e. The van der Waals surface area contributed by atoms with Crippen molar-refractivity contribution in [3.05, 3.63) is 59.8 Å².